The summed E-state index contributed by atoms with van der Waals surface area (Å²) in [5, 5.41) is 9.74. The molecular formula is C15H18O2S. The van der Waals surface area contributed by atoms with Gasteiger partial charge in [0, 0.05) is 10.3 Å². The highest BCUT2D eigenvalue weighted by molar-refractivity contribution is 7.86. The van der Waals surface area contributed by atoms with Gasteiger partial charge in [-0.3, -0.25) is 4.21 Å². The highest BCUT2D eigenvalue weighted by Crippen LogP contribution is 2.38. The number of fused-ring (bicyclic) bond motifs is 1. The van der Waals surface area contributed by atoms with Crippen LogP contribution in [0.3, 0.4) is 0 Å². The fraction of sp³-hybridized carbons (Fsp3) is 0.333. The van der Waals surface area contributed by atoms with Crippen LogP contribution < -0.4 is 0 Å². The number of benzene rings is 1. The molecule has 1 aliphatic rings. The number of rotatable bonds is 2. The van der Waals surface area contributed by atoms with Crippen molar-refractivity contribution in [2.45, 2.75) is 30.9 Å². The van der Waals surface area contributed by atoms with E-state index in [1.807, 2.05) is 39.0 Å². The van der Waals surface area contributed by atoms with Gasteiger partial charge in [0.1, 0.15) is 11.0 Å². The molecule has 1 N–H and O–H groups in total. The Morgan fingerprint density at radius 1 is 1.44 bits per heavy atom. The normalized spacial score (nSPS) is 23.2. The van der Waals surface area contributed by atoms with Gasteiger partial charge in [0.15, 0.2) is 0 Å². The lowest BCUT2D eigenvalue weighted by atomic mass is 9.87. The average molecular weight is 262 g/mol. The number of allylic oxidation sites excluding steroid dienone is 1. The van der Waals surface area contributed by atoms with Crippen molar-refractivity contribution < 1.29 is 9.32 Å². The van der Waals surface area contributed by atoms with Gasteiger partial charge >= 0.3 is 0 Å². The Hall–Kier alpha value is -1.35. The summed E-state index contributed by atoms with van der Waals surface area (Å²) in [6.07, 6.45) is 3.47. The first-order chi connectivity index (χ1) is 8.36. The zero-order valence-corrected chi connectivity index (χ0v) is 11.8. The molecule has 2 nitrogen and oxygen atoms in total. The molecule has 2 rings (SSSR count). The van der Waals surface area contributed by atoms with Gasteiger partial charge in [-0.05, 0) is 24.6 Å². The number of hydrogen-bond acceptors (Lipinski definition) is 2. The van der Waals surface area contributed by atoms with Crippen molar-refractivity contribution in [3.05, 3.63) is 47.7 Å². The molecule has 0 amide bonds. The molecule has 96 valence electrons. The van der Waals surface area contributed by atoms with Crippen LogP contribution in [0.25, 0.3) is 6.08 Å². The van der Waals surface area contributed by atoms with Crippen molar-refractivity contribution in [1.82, 2.24) is 0 Å². The average Bonchev–Trinajstić information content (AvgIpc) is 2.27. The maximum atomic E-state index is 12.6. The molecule has 0 spiro atoms. The van der Waals surface area contributed by atoms with E-state index in [1.165, 1.54) is 0 Å². The number of aryl methyl sites for hydroxylation is 1. The van der Waals surface area contributed by atoms with Crippen LogP contribution in [0.15, 0.2) is 41.5 Å². The van der Waals surface area contributed by atoms with E-state index in [-0.39, 0.29) is 5.76 Å². The smallest absolute Gasteiger partial charge is 0.110 e. The Balaban J connectivity index is 2.58. The van der Waals surface area contributed by atoms with Gasteiger partial charge in [0.25, 0.3) is 0 Å². The van der Waals surface area contributed by atoms with Gasteiger partial charge in [-0.2, -0.15) is 0 Å². The summed E-state index contributed by atoms with van der Waals surface area (Å²) < 4.78 is 12.6. The van der Waals surface area contributed by atoms with E-state index >= 15 is 0 Å². The van der Waals surface area contributed by atoms with Crippen LogP contribution in [0.4, 0.5) is 0 Å². The molecule has 2 unspecified atom stereocenters. The minimum Gasteiger partial charge on any atom is -0.511 e. The van der Waals surface area contributed by atoms with Crippen LogP contribution in [0.2, 0.25) is 0 Å². The molecule has 0 aromatic heterocycles. The lowest BCUT2D eigenvalue weighted by Crippen LogP contribution is -2.35. The summed E-state index contributed by atoms with van der Waals surface area (Å²) in [6, 6.07) is 5.78. The standard InChI is InChI=1S/C15H18O2S/c1-5-15(3,4)14-12(16)9-11-8-10(2)6-7-13(11)18(14)17/h5-9,14,16H,1H2,2-4H3. The zero-order valence-electron chi connectivity index (χ0n) is 10.9. The Morgan fingerprint density at radius 2 is 2.11 bits per heavy atom. The van der Waals surface area contributed by atoms with E-state index in [9.17, 15) is 9.32 Å². The molecule has 2 atom stereocenters. The summed E-state index contributed by atoms with van der Waals surface area (Å²) >= 11 is 0. The van der Waals surface area contributed by atoms with Crippen molar-refractivity contribution in [3.8, 4) is 0 Å². The molecule has 18 heavy (non-hydrogen) atoms. The van der Waals surface area contributed by atoms with Crippen LogP contribution >= 0.6 is 0 Å². The van der Waals surface area contributed by atoms with Gasteiger partial charge < -0.3 is 5.11 Å². The molecular weight excluding hydrogens is 244 g/mol. The van der Waals surface area contributed by atoms with E-state index < -0.39 is 21.5 Å². The second-order valence-corrected chi connectivity index (χ2v) is 6.82. The first kappa shape index (κ1) is 13.1. The summed E-state index contributed by atoms with van der Waals surface area (Å²) in [4.78, 5) is 0.790. The van der Waals surface area contributed by atoms with Gasteiger partial charge in [-0.15, -0.1) is 6.58 Å². The molecule has 0 bridgehead atoms. The maximum absolute atomic E-state index is 12.6. The molecule has 1 aromatic carbocycles. The number of hydrogen-bond donors (Lipinski definition) is 1. The number of aliphatic hydroxyl groups excluding tert-OH is 1. The maximum Gasteiger partial charge on any atom is 0.110 e. The molecule has 1 heterocycles. The molecule has 1 aromatic rings. The summed E-state index contributed by atoms with van der Waals surface area (Å²) in [5.74, 6) is 0.177. The summed E-state index contributed by atoms with van der Waals surface area (Å²) in [7, 11) is -1.25. The molecule has 0 fully saturated rings. The predicted molar refractivity (Wildman–Crippen MR) is 76.0 cm³/mol. The third kappa shape index (κ3) is 2.03. The van der Waals surface area contributed by atoms with E-state index in [2.05, 4.69) is 6.58 Å². The Kier molecular flexibility index (Phi) is 3.20. The van der Waals surface area contributed by atoms with Crippen molar-refractivity contribution in [2.24, 2.45) is 5.41 Å². The minimum absolute atomic E-state index is 0.177. The van der Waals surface area contributed by atoms with Crippen molar-refractivity contribution in [2.75, 3.05) is 0 Å². The fourth-order valence-electron chi connectivity index (χ4n) is 2.20. The molecule has 1 aliphatic heterocycles. The largest absolute Gasteiger partial charge is 0.511 e. The third-order valence-corrected chi connectivity index (χ3v) is 5.45. The van der Waals surface area contributed by atoms with Crippen LogP contribution in [0, 0.1) is 12.3 Å². The van der Waals surface area contributed by atoms with E-state index in [0.717, 1.165) is 16.0 Å². The van der Waals surface area contributed by atoms with Gasteiger partial charge in [0.2, 0.25) is 0 Å². The third-order valence-electron chi connectivity index (χ3n) is 3.37. The summed E-state index contributed by atoms with van der Waals surface area (Å²) in [6.45, 7) is 9.63. The topological polar surface area (TPSA) is 37.3 Å². The monoisotopic (exact) mass is 262 g/mol. The van der Waals surface area contributed by atoms with Crippen LogP contribution in [-0.2, 0) is 10.8 Å². The van der Waals surface area contributed by atoms with E-state index in [0.29, 0.717) is 0 Å². The molecule has 0 radical (unpaired) electrons. The van der Waals surface area contributed by atoms with E-state index in [1.54, 1.807) is 12.2 Å². The highest BCUT2D eigenvalue weighted by Gasteiger charge is 2.38. The van der Waals surface area contributed by atoms with E-state index in [4.69, 9.17) is 0 Å². The predicted octanol–water partition coefficient (Wildman–Crippen LogP) is 3.60. The molecule has 3 heteroatoms. The van der Waals surface area contributed by atoms with Gasteiger partial charge in [-0.25, -0.2) is 0 Å². The Labute approximate surface area is 110 Å². The van der Waals surface area contributed by atoms with Crippen molar-refractivity contribution >= 4 is 16.9 Å². The Bertz CT molecular complexity index is 556. The molecule has 0 saturated carbocycles. The fourth-order valence-corrected chi connectivity index (χ4v) is 3.94. The quantitative estimate of drug-likeness (QED) is 0.827. The molecule has 0 saturated heterocycles. The van der Waals surface area contributed by atoms with Crippen LogP contribution in [0.5, 0.6) is 0 Å². The first-order valence-corrected chi connectivity index (χ1v) is 7.13. The minimum atomic E-state index is -1.25. The van der Waals surface area contributed by atoms with Crippen LogP contribution in [-0.4, -0.2) is 14.6 Å². The SMILES string of the molecule is C=CC(C)(C)C1C(O)=Cc2cc(C)ccc2S1=O. The lowest BCUT2D eigenvalue weighted by molar-refractivity contribution is 0.337. The second kappa shape index (κ2) is 4.39. The molecule has 0 aliphatic carbocycles. The van der Waals surface area contributed by atoms with Gasteiger partial charge in [-0.1, -0.05) is 37.6 Å². The van der Waals surface area contributed by atoms with Gasteiger partial charge in [0.05, 0.1) is 10.8 Å². The van der Waals surface area contributed by atoms with Crippen molar-refractivity contribution in [1.29, 1.82) is 0 Å². The Morgan fingerprint density at radius 3 is 2.72 bits per heavy atom. The van der Waals surface area contributed by atoms with Crippen molar-refractivity contribution in [3.63, 3.8) is 0 Å². The first-order valence-electron chi connectivity index (χ1n) is 5.92. The second-order valence-electron chi connectivity index (χ2n) is 5.31. The summed E-state index contributed by atoms with van der Waals surface area (Å²) in [5.41, 5.74) is 1.53. The highest BCUT2D eigenvalue weighted by atomic mass is 32.2. The number of aliphatic hydroxyl groups is 1. The lowest BCUT2D eigenvalue weighted by Gasteiger charge is -2.33. The zero-order chi connectivity index (χ0) is 13.5. The van der Waals surface area contributed by atoms with Crippen LogP contribution in [0.1, 0.15) is 25.0 Å².